The summed E-state index contributed by atoms with van der Waals surface area (Å²) in [6, 6.07) is 4.43. The van der Waals surface area contributed by atoms with Gasteiger partial charge in [0.2, 0.25) is 0 Å². The Bertz CT molecular complexity index is 698. The van der Waals surface area contributed by atoms with Gasteiger partial charge in [0.1, 0.15) is 17.2 Å². The molecule has 1 aromatic heterocycles. The SMILES string of the molecule is Cc1cc(C(C)Nc2cc(Cl)c(Cl)cc2[N+](=O)[O-])c(C)o1. The van der Waals surface area contributed by atoms with Gasteiger partial charge in [0.05, 0.1) is 21.0 Å². The molecule has 112 valence electrons. The maximum atomic E-state index is 11.1. The summed E-state index contributed by atoms with van der Waals surface area (Å²) in [5, 5.41) is 14.6. The van der Waals surface area contributed by atoms with E-state index in [1.807, 2.05) is 26.8 Å². The molecule has 21 heavy (non-hydrogen) atoms. The lowest BCUT2D eigenvalue weighted by molar-refractivity contribution is -0.384. The first kappa shape index (κ1) is 15.7. The third-order valence-electron chi connectivity index (χ3n) is 3.15. The molecule has 7 heteroatoms. The molecule has 0 aliphatic rings. The molecule has 1 aromatic carbocycles. The van der Waals surface area contributed by atoms with Crippen LogP contribution >= 0.6 is 23.2 Å². The quantitative estimate of drug-likeness (QED) is 0.612. The first-order chi connectivity index (χ1) is 9.79. The van der Waals surface area contributed by atoms with Gasteiger partial charge in [-0.15, -0.1) is 0 Å². The predicted molar refractivity (Wildman–Crippen MR) is 83.3 cm³/mol. The van der Waals surface area contributed by atoms with Crippen LogP contribution in [0.4, 0.5) is 11.4 Å². The van der Waals surface area contributed by atoms with Crippen LogP contribution < -0.4 is 5.32 Å². The summed E-state index contributed by atoms with van der Waals surface area (Å²) in [5.74, 6) is 1.56. The van der Waals surface area contributed by atoms with Gasteiger partial charge in [-0.1, -0.05) is 23.2 Å². The van der Waals surface area contributed by atoms with E-state index in [-0.39, 0.29) is 21.8 Å². The lowest BCUT2D eigenvalue weighted by atomic mass is 10.1. The number of nitro groups is 1. The van der Waals surface area contributed by atoms with Crippen molar-refractivity contribution in [2.45, 2.75) is 26.8 Å². The first-order valence-corrected chi connectivity index (χ1v) is 7.02. The summed E-state index contributed by atoms with van der Waals surface area (Å²) in [5.41, 5.74) is 1.14. The Morgan fingerprint density at radius 1 is 1.24 bits per heavy atom. The normalized spacial score (nSPS) is 12.2. The van der Waals surface area contributed by atoms with Crippen LogP contribution in [0.3, 0.4) is 0 Å². The van der Waals surface area contributed by atoms with Gasteiger partial charge < -0.3 is 9.73 Å². The van der Waals surface area contributed by atoms with Crippen LogP contribution in [0, 0.1) is 24.0 Å². The fraction of sp³-hybridized carbons (Fsp3) is 0.286. The summed E-state index contributed by atoms with van der Waals surface area (Å²) in [7, 11) is 0. The Hall–Kier alpha value is -1.72. The number of benzene rings is 1. The molecular formula is C14H14Cl2N2O3. The number of furan rings is 1. The summed E-state index contributed by atoms with van der Waals surface area (Å²) < 4.78 is 5.47. The Morgan fingerprint density at radius 3 is 2.38 bits per heavy atom. The molecule has 0 aliphatic carbocycles. The van der Waals surface area contributed by atoms with E-state index in [1.165, 1.54) is 12.1 Å². The fourth-order valence-corrected chi connectivity index (χ4v) is 2.52. The third kappa shape index (κ3) is 3.31. The largest absolute Gasteiger partial charge is 0.466 e. The van der Waals surface area contributed by atoms with Gasteiger partial charge in [-0.2, -0.15) is 0 Å². The monoisotopic (exact) mass is 328 g/mol. The molecule has 0 radical (unpaired) electrons. The molecule has 2 rings (SSSR count). The van der Waals surface area contributed by atoms with E-state index in [0.29, 0.717) is 5.69 Å². The van der Waals surface area contributed by atoms with Crippen LogP contribution in [-0.4, -0.2) is 4.92 Å². The molecule has 1 heterocycles. The van der Waals surface area contributed by atoms with E-state index in [0.717, 1.165) is 17.1 Å². The smallest absolute Gasteiger partial charge is 0.293 e. The van der Waals surface area contributed by atoms with E-state index >= 15 is 0 Å². The molecule has 0 spiro atoms. The van der Waals surface area contributed by atoms with Gasteiger partial charge in [0, 0.05) is 11.6 Å². The zero-order valence-electron chi connectivity index (χ0n) is 11.7. The first-order valence-electron chi connectivity index (χ1n) is 6.26. The second-order valence-corrected chi connectivity index (χ2v) is 5.59. The number of anilines is 1. The number of aryl methyl sites for hydroxylation is 2. The Kier molecular flexibility index (Phi) is 4.44. The highest BCUT2D eigenvalue weighted by molar-refractivity contribution is 6.42. The van der Waals surface area contributed by atoms with Crippen LogP contribution in [0.25, 0.3) is 0 Å². The topological polar surface area (TPSA) is 68.3 Å². The van der Waals surface area contributed by atoms with Gasteiger partial charge in [-0.25, -0.2) is 0 Å². The standard InChI is InChI=1S/C14H14Cl2N2O3/c1-7-4-10(9(3)21-7)8(2)17-13-5-11(15)12(16)6-14(13)18(19)20/h4-6,8,17H,1-3H3. The number of nitrogens with zero attached hydrogens (tertiary/aromatic N) is 1. The van der Waals surface area contributed by atoms with Gasteiger partial charge in [-0.3, -0.25) is 10.1 Å². The fourth-order valence-electron chi connectivity index (χ4n) is 2.19. The molecule has 0 aliphatic heterocycles. The lowest BCUT2D eigenvalue weighted by Gasteiger charge is -2.15. The summed E-state index contributed by atoms with van der Waals surface area (Å²) >= 11 is 11.8. The number of nitro benzene ring substituents is 1. The summed E-state index contributed by atoms with van der Waals surface area (Å²) in [6.07, 6.45) is 0. The number of nitrogens with one attached hydrogen (secondary N) is 1. The predicted octanol–water partition coefficient (Wildman–Crippen LogP) is 5.28. The average Bonchev–Trinajstić information content (AvgIpc) is 2.72. The molecule has 1 unspecified atom stereocenters. The minimum atomic E-state index is -0.495. The Balaban J connectivity index is 2.36. The van der Waals surface area contributed by atoms with E-state index < -0.39 is 4.92 Å². The van der Waals surface area contributed by atoms with Gasteiger partial charge >= 0.3 is 0 Å². The van der Waals surface area contributed by atoms with Crippen molar-refractivity contribution in [2.24, 2.45) is 0 Å². The maximum absolute atomic E-state index is 11.1. The molecule has 1 atom stereocenters. The molecule has 0 fully saturated rings. The molecule has 0 saturated heterocycles. The molecule has 0 saturated carbocycles. The van der Waals surface area contributed by atoms with Crippen molar-refractivity contribution in [3.05, 3.63) is 55.4 Å². The average molecular weight is 329 g/mol. The van der Waals surface area contributed by atoms with Gasteiger partial charge in [0.25, 0.3) is 5.69 Å². The van der Waals surface area contributed by atoms with E-state index in [9.17, 15) is 10.1 Å². The number of hydrogen-bond acceptors (Lipinski definition) is 4. The van der Waals surface area contributed by atoms with Gasteiger partial charge in [-0.05, 0) is 32.9 Å². The van der Waals surface area contributed by atoms with Crippen molar-refractivity contribution < 1.29 is 9.34 Å². The van der Waals surface area contributed by atoms with Crippen LogP contribution in [0.5, 0.6) is 0 Å². The van der Waals surface area contributed by atoms with Gasteiger partial charge in [0.15, 0.2) is 0 Å². The van der Waals surface area contributed by atoms with Crippen molar-refractivity contribution in [2.75, 3.05) is 5.32 Å². The molecular weight excluding hydrogens is 315 g/mol. The van der Waals surface area contributed by atoms with Crippen molar-refractivity contribution in [3.8, 4) is 0 Å². The zero-order chi connectivity index (χ0) is 15.7. The van der Waals surface area contributed by atoms with Crippen LogP contribution in [0.1, 0.15) is 30.0 Å². The molecule has 2 aromatic rings. The summed E-state index contributed by atoms with van der Waals surface area (Å²) in [6.45, 7) is 5.60. The Labute approximate surface area is 132 Å². The van der Waals surface area contributed by atoms with Crippen molar-refractivity contribution in [1.82, 2.24) is 0 Å². The van der Waals surface area contributed by atoms with Crippen molar-refractivity contribution >= 4 is 34.6 Å². The van der Waals surface area contributed by atoms with Crippen LogP contribution in [-0.2, 0) is 0 Å². The zero-order valence-corrected chi connectivity index (χ0v) is 13.2. The van der Waals surface area contributed by atoms with E-state index in [2.05, 4.69) is 5.32 Å². The summed E-state index contributed by atoms with van der Waals surface area (Å²) in [4.78, 5) is 10.6. The number of rotatable bonds is 4. The maximum Gasteiger partial charge on any atom is 0.293 e. The number of halogens is 2. The van der Waals surface area contributed by atoms with Crippen LogP contribution in [0.15, 0.2) is 22.6 Å². The highest BCUT2D eigenvalue weighted by atomic mass is 35.5. The number of hydrogen-bond donors (Lipinski definition) is 1. The van der Waals surface area contributed by atoms with E-state index in [1.54, 1.807) is 0 Å². The Morgan fingerprint density at radius 2 is 1.86 bits per heavy atom. The van der Waals surface area contributed by atoms with E-state index in [4.69, 9.17) is 27.6 Å². The minimum absolute atomic E-state index is 0.117. The third-order valence-corrected chi connectivity index (χ3v) is 3.88. The molecule has 0 bridgehead atoms. The highest BCUT2D eigenvalue weighted by Gasteiger charge is 2.20. The highest BCUT2D eigenvalue weighted by Crippen LogP contribution is 2.36. The minimum Gasteiger partial charge on any atom is -0.466 e. The molecule has 0 amide bonds. The second kappa shape index (κ2) is 5.95. The molecule has 1 N–H and O–H groups in total. The molecule has 5 nitrogen and oxygen atoms in total. The van der Waals surface area contributed by atoms with Crippen molar-refractivity contribution in [1.29, 1.82) is 0 Å². The second-order valence-electron chi connectivity index (χ2n) is 4.78. The van der Waals surface area contributed by atoms with Crippen LogP contribution in [0.2, 0.25) is 10.0 Å². The lowest BCUT2D eigenvalue weighted by Crippen LogP contribution is -2.08. The van der Waals surface area contributed by atoms with Crippen molar-refractivity contribution in [3.63, 3.8) is 0 Å².